The van der Waals surface area contributed by atoms with Gasteiger partial charge in [-0.3, -0.25) is 0 Å². The third-order valence-corrected chi connectivity index (χ3v) is 4.23. The molecular formula is C19H21ClN2O4. The summed E-state index contributed by atoms with van der Waals surface area (Å²) in [6.45, 7) is 1.70. The molecule has 1 aliphatic rings. The highest BCUT2D eigenvalue weighted by molar-refractivity contribution is 6.30. The minimum atomic E-state index is -0.134. The largest absolute Gasteiger partial charge is 0.492 e. The molecule has 26 heavy (non-hydrogen) atoms. The first-order valence-electron chi connectivity index (χ1n) is 8.38. The molecule has 2 aromatic rings. The van der Waals surface area contributed by atoms with Gasteiger partial charge in [0.1, 0.15) is 12.4 Å². The molecule has 1 N–H and O–H groups in total. The topological polar surface area (TPSA) is 60.0 Å². The van der Waals surface area contributed by atoms with Crippen LogP contribution in [0, 0.1) is 0 Å². The molecule has 2 aromatic carbocycles. The molecule has 1 heterocycles. The number of hydrogen-bond acceptors (Lipinski definition) is 4. The SMILES string of the molecule is CN(CCOc1ccc(Cl)cc1)C(=O)NCCc1ccc2c(c1)OCO2. The third-order valence-electron chi connectivity index (χ3n) is 3.98. The molecule has 0 spiro atoms. The van der Waals surface area contributed by atoms with E-state index in [2.05, 4.69) is 5.32 Å². The smallest absolute Gasteiger partial charge is 0.317 e. The van der Waals surface area contributed by atoms with Crippen molar-refractivity contribution in [3.8, 4) is 17.2 Å². The van der Waals surface area contributed by atoms with Crippen molar-refractivity contribution in [1.82, 2.24) is 10.2 Å². The number of likely N-dealkylation sites (N-methyl/N-ethyl adjacent to an activating group) is 1. The van der Waals surface area contributed by atoms with Gasteiger partial charge in [-0.05, 0) is 48.4 Å². The standard InChI is InChI=1S/C19H21ClN2O4/c1-22(10-11-24-16-5-3-15(20)4-6-16)19(23)21-9-8-14-2-7-17-18(12-14)26-13-25-17/h2-7,12H,8-11,13H2,1H3,(H,21,23). The Bertz CT molecular complexity index is 752. The number of nitrogens with zero attached hydrogens (tertiary/aromatic N) is 1. The maximum atomic E-state index is 12.1. The van der Waals surface area contributed by atoms with Crippen LogP contribution in [0.4, 0.5) is 4.79 Å². The number of carbonyl (C=O) groups excluding carboxylic acids is 1. The Morgan fingerprint density at radius 3 is 2.77 bits per heavy atom. The van der Waals surface area contributed by atoms with Crippen LogP contribution in [-0.4, -0.2) is 44.5 Å². The molecule has 0 aliphatic carbocycles. The van der Waals surface area contributed by atoms with Crippen LogP contribution in [-0.2, 0) is 6.42 Å². The molecule has 3 rings (SSSR count). The molecule has 1 aliphatic heterocycles. The predicted octanol–water partition coefficient (Wildman–Crippen LogP) is 3.33. The van der Waals surface area contributed by atoms with Crippen LogP contribution >= 0.6 is 11.6 Å². The highest BCUT2D eigenvalue weighted by Crippen LogP contribution is 2.32. The summed E-state index contributed by atoms with van der Waals surface area (Å²) in [6, 6.07) is 12.8. The van der Waals surface area contributed by atoms with E-state index in [1.54, 1.807) is 36.2 Å². The molecule has 0 unspecified atom stereocenters. The fourth-order valence-electron chi connectivity index (χ4n) is 2.48. The fraction of sp³-hybridized carbons (Fsp3) is 0.316. The molecule has 0 atom stereocenters. The van der Waals surface area contributed by atoms with Gasteiger partial charge in [0.15, 0.2) is 11.5 Å². The Morgan fingerprint density at radius 1 is 1.19 bits per heavy atom. The van der Waals surface area contributed by atoms with Crippen LogP contribution in [0.25, 0.3) is 0 Å². The number of benzene rings is 2. The van der Waals surface area contributed by atoms with Gasteiger partial charge in [-0.2, -0.15) is 0 Å². The number of nitrogens with one attached hydrogen (secondary N) is 1. The zero-order valence-corrected chi connectivity index (χ0v) is 15.3. The van der Waals surface area contributed by atoms with Gasteiger partial charge in [0.25, 0.3) is 0 Å². The second kappa shape index (κ2) is 8.67. The molecule has 7 heteroatoms. The molecule has 0 fully saturated rings. The van der Waals surface area contributed by atoms with E-state index in [0.717, 1.165) is 29.2 Å². The van der Waals surface area contributed by atoms with Gasteiger partial charge < -0.3 is 24.4 Å². The zero-order valence-electron chi connectivity index (χ0n) is 14.5. The van der Waals surface area contributed by atoms with Gasteiger partial charge in [0.05, 0.1) is 6.54 Å². The van der Waals surface area contributed by atoms with Gasteiger partial charge >= 0.3 is 6.03 Å². The van der Waals surface area contributed by atoms with Crippen LogP contribution in [0.3, 0.4) is 0 Å². The molecule has 0 bridgehead atoms. The van der Waals surface area contributed by atoms with Gasteiger partial charge in [-0.25, -0.2) is 4.79 Å². The van der Waals surface area contributed by atoms with E-state index in [1.165, 1.54) is 0 Å². The summed E-state index contributed by atoms with van der Waals surface area (Å²) in [5.74, 6) is 2.24. The highest BCUT2D eigenvalue weighted by atomic mass is 35.5. The zero-order chi connectivity index (χ0) is 18.4. The van der Waals surface area contributed by atoms with Crippen molar-refractivity contribution < 1.29 is 19.0 Å². The van der Waals surface area contributed by atoms with Crippen molar-refractivity contribution in [3.63, 3.8) is 0 Å². The van der Waals surface area contributed by atoms with Crippen LogP contribution in [0.15, 0.2) is 42.5 Å². The number of halogens is 1. The average molecular weight is 377 g/mol. The minimum Gasteiger partial charge on any atom is -0.492 e. The first-order chi connectivity index (χ1) is 12.6. The number of fused-ring (bicyclic) bond motifs is 1. The number of ether oxygens (including phenoxy) is 3. The van der Waals surface area contributed by atoms with Crippen molar-refractivity contribution >= 4 is 17.6 Å². The van der Waals surface area contributed by atoms with Crippen molar-refractivity contribution in [2.45, 2.75) is 6.42 Å². The van der Waals surface area contributed by atoms with E-state index >= 15 is 0 Å². The number of carbonyl (C=O) groups is 1. The van der Waals surface area contributed by atoms with E-state index in [0.29, 0.717) is 24.7 Å². The maximum Gasteiger partial charge on any atom is 0.317 e. The number of urea groups is 1. The van der Waals surface area contributed by atoms with E-state index < -0.39 is 0 Å². The lowest BCUT2D eigenvalue weighted by atomic mass is 10.1. The van der Waals surface area contributed by atoms with Gasteiger partial charge in [0, 0.05) is 18.6 Å². The fourth-order valence-corrected chi connectivity index (χ4v) is 2.60. The molecule has 0 saturated heterocycles. The Balaban J connectivity index is 1.35. The molecule has 0 radical (unpaired) electrons. The third kappa shape index (κ3) is 4.95. The lowest BCUT2D eigenvalue weighted by Gasteiger charge is -2.18. The number of rotatable bonds is 7. The van der Waals surface area contributed by atoms with Crippen molar-refractivity contribution in [3.05, 3.63) is 53.1 Å². The quantitative estimate of drug-likeness (QED) is 0.805. The van der Waals surface area contributed by atoms with E-state index in [-0.39, 0.29) is 12.8 Å². The lowest BCUT2D eigenvalue weighted by Crippen LogP contribution is -2.40. The Labute approximate surface area is 157 Å². The van der Waals surface area contributed by atoms with Crippen molar-refractivity contribution in [2.75, 3.05) is 33.5 Å². The van der Waals surface area contributed by atoms with Crippen molar-refractivity contribution in [2.24, 2.45) is 0 Å². The first kappa shape index (κ1) is 18.2. The van der Waals surface area contributed by atoms with Crippen LogP contribution in [0.5, 0.6) is 17.2 Å². The number of hydrogen-bond donors (Lipinski definition) is 1. The average Bonchev–Trinajstić information content (AvgIpc) is 3.11. The predicted molar refractivity (Wildman–Crippen MR) is 99.2 cm³/mol. The van der Waals surface area contributed by atoms with Gasteiger partial charge in [-0.1, -0.05) is 17.7 Å². The van der Waals surface area contributed by atoms with Crippen LogP contribution < -0.4 is 19.5 Å². The summed E-state index contributed by atoms with van der Waals surface area (Å²) in [5, 5.41) is 3.56. The second-order valence-electron chi connectivity index (χ2n) is 5.89. The van der Waals surface area contributed by atoms with Crippen molar-refractivity contribution in [1.29, 1.82) is 0 Å². The summed E-state index contributed by atoms with van der Waals surface area (Å²) in [6.07, 6.45) is 0.720. The molecule has 6 nitrogen and oxygen atoms in total. The monoisotopic (exact) mass is 376 g/mol. The summed E-state index contributed by atoms with van der Waals surface area (Å²) in [4.78, 5) is 13.7. The summed E-state index contributed by atoms with van der Waals surface area (Å²) >= 11 is 5.83. The summed E-state index contributed by atoms with van der Waals surface area (Å²) in [5.41, 5.74) is 1.09. The van der Waals surface area contributed by atoms with Gasteiger partial charge in [0.2, 0.25) is 6.79 Å². The Kier molecular flexibility index (Phi) is 6.07. The van der Waals surface area contributed by atoms with Crippen LogP contribution in [0.1, 0.15) is 5.56 Å². The van der Waals surface area contributed by atoms with E-state index in [9.17, 15) is 4.79 Å². The Morgan fingerprint density at radius 2 is 1.96 bits per heavy atom. The summed E-state index contributed by atoms with van der Waals surface area (Å²) in [7, 11) is 1.74. The van der Waals surface area contributed by atoms with Crippen LogP contribution in [0.2, 0.25) is 5.02 Å². The molecular weight excluding hydrogens is 356 g/mol. The Hall–Kier alpha value is -2.60. The molecule has 138 valence electrons. The second-order valence-corrected chi connectivity index (χ2v) is 6.33. The first-order valence-corrected chi connectivity index (χ1v) is 8.75. The maximum absolute atomic E-state index is 12.1. The van der Waals surface area contributed by atoms with E-state index in [1.807, 2.05) is 18.2 Å². The molecule has 0 aromatic heterocycles. The normalized spacial score (nSPS) is 11.9. The highest BCUT2D eigenvalue weighted by Gasteiger charge is 2.13. The molecule has 0 saturated carbocycles. The number of amides is 2. The summed E-state index contributed by atoms with van der Waals surface area (Å²) < 4.78 is 16.2. The minimum absolute atomic E-state index is 0.134. The molecule has 2 amide bonds. The van der Waals surface area contributed by atoms with Gasteiger partial charge in [-0.15, -0.1) is 0 Å². The lowest BCUT2D eigenvalue weighted by molar-refractivity contribution is 0.174. The van der Waals surface area contributed by atoms with E-state index in [4.69, 9.17) is 25.8 Å².